The van der Waals surface area contributed by atoms with Gasteiger partial charge in [-0.05, 0) is 49.9 Å². The molecule has 1 aromatic carbocycles. The molecule has 0 saturated carbocycles. The smallest absolute Gasteiger partial charge is 0.124 e. The third kappa shape index (κ3) is 3.48. The van der Waals surface area contributed by atoms with Gasteiger partial charge in [-0.1, -0.05) is 12.1 Å². The van der Waals surface area contributed by atoms with Crippen LogP contribution in [0.2, 0.25) is 0 Å². The van der Waals surface area contributed by atoms with E-state index in [9.17, 15) is 0 Å². The average Bonchev–Trinajstić information content (AvgIpc) is 2.85. The molecule has 3 rings (SSSR count). The molecule has 0 radical (unpaired) electrons. The van der Waals surface area contributed by atoms with Crippen LogP contribution in [-0.2, 0) is 4.74 Å². The van der Waals surface area contributed by atoms with Crippen LogP contribution in [0.3, 0.4) is 0 Å². The minimum Gasteiger partial charge on any atom is -0.488 e. The number of rotatable bonds is 5. The minimum absolute atomic E-state index is 0.377. The first-order valence-corrected chi connectivity index (χ1v) is 7.33. The normalized spacial score (nSPS) is 24.4. The second kappa shape index (κ2) is 5.93. The number of hydrogen-bond donors (Lipinski definition) is 0. The fraction of sp³-hybridized carbons (Fsp3) is 0.625. The van der Waals surface area contributed by atoms with E-state index in [-0.39, 0.29) is 0 Å². The number of benzene rings is 1. The molecular formula is C16H23NO2. The van der Waals surface area contributed by atoms with Crippen LogP contribution in [0.1, 0.15) is 18.4 Å². The molecule has 0 aliphatic carbocycles. The van der Waals surface area contributed by atoms with Crippen LogP contribution < -0.4 is 4.74 Å². The summed E-state index contributed by atoms with van der Waals surface area (Å²) in [5.74, 6) is 1.80. The Hall–Kier alpha value is -1.06. The van der Waals surface area contributed by atoms with E-state index in [2.05, 4.69) is 30.0 Å². The molecule has 1 aromatic rings. The van der Waals surface area contributed by atoms with Gasteiger partial charge in [-0.25, -0.2) is 0 Å². The Morgan fingerprint density at radius 1 is 1.37 bits per heavy atom. The lowest BCUT2D eigenvalue weighted by Gasteiger charge is -2.39. The molecule has 2 heterocycles. The van der Waals surface area contributed by atoms with Gasteiger partial charge in [0.25, 0.3) is 0 Å². The zero-order chi connectivity index (χ0) is 13.1. The molecule has 2 saturated heterocycles. The number of nitrogens with zero attached hydrogens (tertiary/aromatic N) is 1. The second-order valence-corrected chi connectivity index (χ2v) is 5.83. The van der Waals surface area contributed by atoms with Gasteiger partial charge in [0.2, 0.25) is 0 Å². The van der Waals surface area contributed by atoms with Crippen molar-refractivity contribution in [1.82, 2.24) is 4.90 Å². The maximum absolute atomic E-state index is 5.97. The Labute approximate surface area is 115 Å². The monoisotopic (exact) mass is 261 g/mol. The SMILES string of the molecule is Cc1cccc(OC2CN(CC[C@H]3CCOC3)C2)c1. The van der Waals surface area contributed by atoms with Gasteiger partial charge >= 0.3 is 0 Å². The first-order valence-electron chi connectivity index (χ1n) is 7.33. The minimum atomic E-state index is 0.377. The molecule has 3 heteroatoms. The van der Waals surface area contributed by atoms with Gasteiger partial charge in [0.15, 0.2) is 0 Å². The summed E-state index contributed by atoms with van der Waals surface area (Å²) in [7, 11) is 0. The summed E-state index contributed by atoms with van der Waals surface area (Å²) in [6.07, 6.45) is 2.90. The van der Waals surface area contributed by atoms with E-state index in [1.54, 1.807) is 0 Å². The Balaban J connectivity index is 1.36. The van der Waals surface area contributed by atoms with Crippen LogP contribution in [0.15, 0.2) is 24.3 Å². The van der Waals surface area contributed by atoms with Gasteiger partial charge < -0.3 is 9.47 Å². The zero-order valence-electron chi connectivity index (χ0n) is 11.7. The lowest BCUT2D eigenvalue weighted by atomic mass is 10.0. The van der Waals surface area contributed by atoms with Crippen molar-refractivity contribution in [3.8, 4) is 5.75 Å². The molecule has 0 amide bonds. The largest absolute Gasteiger partial charge is 0.488 e. The summed E-state index contributed by atoms with van der Waals surface area (Å²) in [4.78, 5) is 2.48. The average molecular weight is 261 g/mol. The van der Waals surface area contributed by atoms with Crippen LogP contribution >= 0.6 is 0 Å². The van der Waals surface area contributed by atoms with Gasteiger partial charge in [-0.15, -0.1) is 0 Å². The summed E-state index contributed by atoms with van der Waals surface area (Å²) in [5.41, 5.74) is 1.26. The van der Waals surface area contributed by atoms with Crippen LogP contribution in [0.4, 0.5) is 0 Å². The van der Waals surface area contributed by atoms with Crippen LogP contribution in [0, 0.1) is 12.8 Å². The topological polar surface area (TPSA) is 21.7 Å². The molecule has 0 spiro atoms. The first kappa shape index (κ1) is 12.9. The van der Waals surface area contributed by atoms with E-state index in [1.165, 1.54) is 24.9 Å². The number of ether oxygens (including phenoxy) is 2. The fourth-order valence-electron chi connectivity index (χ4n) is 2.84. The lowest BCUT2D eigenvalue weighted by Crippen LogP contribution is -2.54. The van der Waals surface area contributed by atoms with Crippen LogP contribution in [0.25, 0.3) is 0 Å². The molecule has 2 fully saturated rings. The van der Waals surface area contributed by atoms with Crippen molar-refractivity contribution in [2.45, 2.75) is 25.9 Å². The fourth-order valence-corrected chi connectivity index (χ4v) is 2.84. The maximum Gasteiger partial charge on any atom is 0.124 e. The number of hydrogen-bond acceptors (Lipinski definition) is 3. The maximum atomic E-state index is 5.97. The highest BCUT2D eigenvalue weighted by Crippen LogP contribution is 2.21. The Bertz CT molecular complexity index is 409. The first-order chi connectivity index (χ1) is 9.29. The lowest BCUT2D eigenvalue weighted by molar-refractivity contribution is 0.0164. The zero-order valence-corrected chi connectivity index (χ0v) is 11.7. The molecule has 3 nitrogen and oxygen atoms in total. The van der Waals surface area contributed by atoms with E-state index in [1.807, 2.05) is 6.07 Å². The Morgan fingerprint density at radius 3 is 3.00 bits per heavy atom. The predicted octanol–water partition coefficient (Wildman–Crippen LogP) is 2.48. The molecular weight excluding hydrogens is 238 g/mol. The van der Waals surface area contributed by atoms with E-state index in [4.69, 9.17) is 9.47 Å². The Morgan fingerprint density at radius 2 is 2.26 bits per heavy atom. The van der Waals surface area contributed by atoms with Crippen molar-refractivity contribution in [1.29, 1.82) is 0 Å². The van der Waals surface area contributed by atoms with Gasteiger partial charge in [-0.3, -0.25) is 4.90 Å². The van der Waals surface area contributed by atoms with Gasteiger partial charge in [0.05, 0.1) is 0 Å². The van der Waals surface area contributed by atoms with Crippen molar-refractivity contribution in [3.05, 3.63) is 29.8 Å². The third-order valence-electron chi connectivity index (χ3n) is 4.09. The summed E-state index contributed by atoms with van der Waals surface area (Å²) >= 11 is 0. The highest BCUT2D eigenvalue weighted by molar-refractivity contribution is 5.27. The molecule has 0 bridgehead atoms. The molecule has 2 aliphatic rings. The predicted molar refractivity (Wildman–Crippen MR) is 75.6 cm³/mol. The summed E-state index contributed by atoms with van der Waals surface area (Å²) in [6.45, 7) is 7.37. The highest BCUT2D eigenvalue weighted by Gasteiger charge is 2.29. The van der Waals surface area contributed by atoms with E-state index in [0.29, 0.717) is 6.10 Å². The van der Waals surface area contributed by atoms with Crippen molar-refractivity contribution in [2.75, 3.05) is 32.8 Å². The van der Waals surface area contributed by atoms with Crippen molar-refractivity contribution in [2.24, 2.45) is 5.92 Å². The Kier molecular flexibility index (Phi) is 4.04. The van der Waals surface area contributed by atoms with Crippen molar-refractivity contribution in [3.63, 3.8) is 0 Å². The van der Waals surface area contributed by atoms with Crippen molar-refractivity contribution < 1.29 is 9.47 Å². The molecule has 0 N–H and O–H groups in total. The molecule has 0 unspecified atom stereocenters. The van der Waals surface area contributed by atoms with Gasteiger partial charge in [0.1, 0.15) is 11.9 Å². The molecule has 2 aliphatic heterocycles. The highest BCUT2D eigenvalue weighted by atomic mass is 16.5. The second-order valence-electron chi connectivity index (χ2n) is 5.83. The van der Waals surface area contributed by atoms with Crippen LogP contribution in [0.5, 0.6) is 5.75 Å². The van der Waals surface area contributed by atoms with E-state index >= 15 is 0 Å². The number of likely N-dealkylation sites (tertiary alicyclic amines) is 1. The van der Waals surface area contributed by atoms with Gasteiger partial charge in [-0.2, -0.15) is 0 Å². The van der Waals surface area contributed by atoms with E-state index in [0.717, 1.165) is 38.0 Å². The van der Waals surface area contributed by atoms with Gasteiger partial charge in [0, 0.05) is 26.3 Å². The molecule has 19 heavy (non-hydrogen) atoms. The summed E-state index contributed by atoms with van der Waals surface area (Å²) in [5, 5.41) is 0. The van der Waals surface area contributed by atoms with Crippen LogP contribution in [-0.4, -0.2) is 43.9 Å². The quantitative estimate of drug-likeness (QED) is 0.813. The summed E-state index contributed by atoms with van der Waals surface area (Å²) in [6, 6.07) is 8.31. The molecule has 104 valence electrons. The third-order valence-corrected chi connectivity index (χ3v) is 4.09. The van der Waals surface area contributed by atoms with Crippen molar-refractivity contribution >= 4 is 0 Å². The van der Waals surface area contributed by atoms with E-state index < -0.39 is 0 Å². The summed E-state index contributed by atoms with van der Waals surface area (Å²) < 4.78 is 11.4. The standard InChI is InChI=1S/C16H23NO2/c1-13-3-2-4-15(9-13)19-16-10-17(11-16)7-5-14-6-8-18-12-14/h2-4,9,14,16H,5-8,10-12H2,1H3/t14-/m0/s1. The number of aryl methyl sites for hydroxylation is 1. The molecule has 1 atom stereocenters. The molecule has 0 aromatic heterocycles.